The normalized spacial score (nSPS) is 12.0. The van der Waals surface area contributed by atoms with Gasteiger partial charge in [0.15, 0.2) is 0 Å². The summed E-state index contributed by atoms with van der Waals surface area (Å²) in [5, 5.41) is 13.4. The molecule has 0 aliphatic carbocycles. The van der Waals surface area contributed by atoms with Crippen LogP contribution in [0.2, 0.25) is 5.02 Å². The summed E-state index contributed by atoms with van der Waals surface area (Å²) in [4.78, 5) is 12.2. The van der Waals surface area contributed by atoms with E-state index in [0.717, 1.165) is 11.3 Å². The van der Waals surface area contributed by atoms with Gasteiger partial charge in [0.25, 0.3) is 5.91 Å². The molecule has 2 N–H and O–H groups in total. The molecule has 0 unspecified atom stereocenters. The number of benzene rings is 1. The van der Waals surface area contributed by atoms with Crippen molar-refractivity contribution in [2.75, 3.05) is 13.7 Å². The van der Waals surface area contributed by atoms with E-state index in [2.05, 4.69) is 5.32 Å². The van der Waals surface area contributed by atoms with Gasteiger partial charge < -0.3 is 19.6 Å². The highest BCUT2D eigenvalue weighted by atomic mass is 35.5. The first-order valence-electron chi connectivity index (χ1n) is 7.29. The fourth-order valence-electron chi connectivity index (χ4n) is 2.41. The highest BCUT2D eigenvalue weighted by Crippen LogP contribution is 2.24. The van der Waals surface area contributed by atoms with Crippen LogP contribution in [0.15, 0.2) is 28.7 Å². The molecule has 1 heterocycles. The Hall–Kier alpha value is -1.98. The van der Waals surface area contributed by atoms with Crippen molar-refractivity contribution in [1.82, 2.24) is 5.32 Å². The number of halogens is 1. The maximum atomic E-state index is 12.2. The van der Waals surface area contributed by atoms with Crippen molar-refractivity contribution < 1.29 is 19.1 Å². The molecule has 0 fully saturated rings. The Bertz CT molecular complexity index is 696. The minimum atomic E-state index is -0.686. The first-order valence-corrected chi connectivity index (χ1v) is 7.67. The molecule has 6 heteroatoms. The van der Waals surface area contributed by atoms with E-state index in [0.29, 0.717) is 35.1 Å². The summed E-state index contributed by atoms with van der Waals surface area (Å²) >= 11 is 5.92. The topological polar surface area (TPSA) is 71.7 Å². The maximum Gasteiger partial charge on any atom is 0.255 e. The SMILES string of the molecule is COc1ccc(Cl)cc1C(=O)NCC[C@@H](O)c1cc(C)oc1C. The average Bonchev–Trinajstić information content (AvgIpc) is 2.85. The Morgan fingerprint density at radius 3 is 2.74 bits per heavy atom. The van der Waals surface area contributed by atoms with Crippen molar-refractivity contribution in [2.24, 2.45) is 0 Å². The second-order valence-electron chi connectivity index (χ2n) is 5.27. The van der Waals surface area contributed by atoms with Crippen LogP contribution in [-0.2, 0) is 0 Å². The highest BCUT2D eigenvalue weighted by Gasteiger charge is 2.16. The van der Waals surface area contributed by atoms with E-state index in [4.69, 9.17) is 20.8 Å². The molecular formula is C17H20ClNO4. The molecule has 1 aromatic heterocycles. The number of ether oxygens (including phenoxy) is 1. The molecule has 1 atom stereocenters. The molecule has 0 aliphatic heterocycles. The van der Waals surface area contributed by atoms with Crippen molar-refractivity contribution in [2.45, 2.75) is 26.4 Å². The lowest BCUT2D eigenvalue weighted by Crippen LogP contribution is -2.26. The molecule has 0 radical (unpaired) electrons. The summed E-state index contributed by atoms with van der Waals surface area (Å²) in [6.07, 6.45) is -0.303. The van der Waals surface area contributed by atoms with Crippen LogP contribution in [-0.4, -0.2) is 24.7 Å². The molecule has 0 saturated heterocycles. The van der Waals surface area contributed by atoms with Crippen molar-refractivity contribution >= 4 is 17.5 Å². The van der Waals surface area contributed by atoms with Crippen LogP contribution in [0.25, 0.3) is 0 Å². The van der Waals surface area contributed by atoms with Gasteiger partial charge in [-0.2, -0.15) is 0 Å². The summed E-state index contributed by atoms with van der Waals surface area (Å²) in [7, 11) is 1.49. The van der Waals surface area contributed by atoms with Gasteiger partial charge in [-0.1, -0.05) is 11.6 Å². The third kappa shape index (κ3) is 4.27. The molecule has 0 saturated carbocycles. The van der Waals surface area contributed by atoms with E-state index < -0.39 is 6.10 Å². The molecular weight excluding hydrogens is 318 g/mol. The van der Waals surface area contributed by atoms with Crippen molar-refractivity contribution in [3.05, 3.63) is 51.9 Å². The van der Waals surface area contributed by atoms with Crippen LogP contribution in [0.5, 0.6) is 5.75 Å². The summed E-state index contributed by atoms with van der Waals surface area (Å²) < 4.78 is 10.6. The average molecular weight is 338 g/mol. The number of amides is 1. The number of aliphatic hydroxyl groups excluding tert-OH is 1. The van der Waals surface area contributed by atoms with Crippen LogP contribution < -0.4 is 10.1 Å². The van der Waals surface area contributed by atoms with E-state index >= 15 is 0 Å². The second kappa shape index (κ2) is 7.53. The van der Waals surface area contributed by atoms with Gasteiger partial charge in [-0.05, 0) is 44.5 Å². The zero-order chi connectivity index (χ0) is 17.0. The van der Waals surface area contributed by atoms with Crippen LogP contribution in [0.4, 0.5) is 0 Å². The lowest BCUT2D eigenvalue weighted by Gasteiger charge is -2.12. The smallest absolute Gasteiger partial charge is 0.255 e. The summed E-state index contributed by atoms with van der Waals surface area (Å²) in [6.45, 7) is 3.96. The zero-order valence-corrected chi connectivity index (χ0v) is 14.1. The Morgan fingerprint density at radius 1 is 1.39 bits per heavy atom. The number of hydrogen-bond acceptors (Lipinski definition) is 4. The summed E-state index contributed by atoms with van der Waals surface area (Å²) in [5.74, 6) is 1.60. The number of furan rings is 1. The number of hydrogen-bond donors (Lipinski definition) is 2. The van der Waals surface area contributed by atoms with Crippen LogP contribution >= 0.6 is 11.6 Å². The molecule has 1 aromatic carbocycles. The van der Waals surface area contributed by atoms with Gasteiger partial charge >= 0.3 is 0 Å². The minimum Gasteiger partial charge on any atom is -0.496 e. The molecule has 23 heavy (non-hydrogen) atoms. The molecule has 124 valence electrons. The van der Waals surface area contributed by atoms with Crippen molar-refractivity contribution in [3.63, 3.8) is 0 Å². The number of aryl methyl sites for hydroxylation is 2. The van der Waals surface area contributed by atoms with E-state index in [-0.39, 0.29) is 5.91 Å². The van der Waals surface area contributed by atoms with Crippen molar-refractivity contribution in [1.29, 1.82) is 0 Å². The van der Waals surface area contributed by atoms with Crippen LogP contribution in [0, 0.1) is 13.8 Å². The first kappa shape index (κ1) is 17.4. The molecule has 5 nitrogen and oxygen atoms in total. The Kier molecular flexibility index (Phi) is 5.69. The number of rotatable bonds is 6. The summed E-state index contributed by atoms with van der Waals surface area (Å²) in [6, 6.07) is 6.66. The molecule has 0 spiro atoms. The van der Waals surface area contributed by atoms with E-state index in [1.807, 2.05) is 13.0 Å². The van der Waals surface area contributed by atoms with Gasteiger partial charge in [-0.3, -0.25) is 4.79 Å². The third-order valence-corrected chi connectivity index (χ3v) is 3.78. The van der Waals surface area contributed by atoms with Crippen LogP contribution in [0.1, 0.15) is 40.0 Å². The lowest BCUT2D eigenvalue weighted by molar-refractivity contribution is 0.0939. The first-order chi connectivity index (χ1) is 10.9. The molecule has 0 aliphatic rings. The predicted molar refractivity (Wildman–Crippen MR) is 88.1 cm³/mol. The fraction of sp³-hybridized carbons (Fsp3) is 0.353. The predicted octanol–water partition coefficient (Wildman–Crippen LogP) is 3.41. The van der Waals surface area contributed by atoms with Gasteiger partial charge in [0, 0.05) is 17.1 Å². The van der Waals surface area contributed by atoms with Gasteiger partial charge in [-0.15, -0.1) is 0 Å². The van der Waals surface area contributed by atoms with Gasteiger partial charge in [0.05, 0.1) is 18.8 Å². The molecule has 1 amide bonds. The highest BCUT2D eigenvalue weighted by molar-refractivity contribution is 6.31. The number of methoxy groups -OCH3 is 1. The maximum absolute atomic E-state index is 12.2. The molecule has 2 aromatic rings. The Labute approximate surface area is 140 Å². The number of nitrogens with one attached hydrogen (secondary N) is 1. The molecule has 2 rings (SSSR count). The van der Waals surface area contributed by atoms with E-state index in [1.54, 1.807) is 25.1 Å². The van der Waals surface area contributed by atoms with Gasteiger partial charge in [0.2, 0.25) is 0 Å². The molecule has 0 bridgehead atoms. The van der Waals surface area contributed by atoms with Gasteiger partial charge in [-0.25, -0.2) is 0 Å². The minimum absolute atomic E-state index is 0.295. The monoisotopic (exact) mass is 337 g/mol. The number of carbonyl (C=O) groups is 1. The Morgan fingerprint density at radius 2 is 2.13 bits per heavy atom. The largest absolute Gasteiger partial charge is 0.496 e. The standard InChI is InChI=1S/C17H20ClNO4/c1-10-8-13(11(2)23-10)15(20)6-7-19-17(21)14-9-12(18)4-5-16(14)22-3/h4-5,8-9,15,20H,6-7H2,1-3H3,(H,19,21)/t15-/m1/s1. The third-order valence-electron chi connectivity index (χ3n) is 3.55. The summed E-state index contributed by atoms with van der Waals surface area (Å²) in [5.41, 5.74) is 1.11. The Balaban J connectivity index is 1.95. The zero-order valence-electron chi connectivity index (χ0n) is 13.4. The second-order valence-corrected chi connectivity index (χ2v) is 5.71. The van der Waals surface area contributed by atoms with E-state index in [9.17, 15) is 9.90 Å². The number of carbonyl (C=O) groups excluding carboxylic acids is 1. The van der Waals surface area contributed by atoms with Crippen molar-refractivity contribution in [3.8, 4) is 5.75 Å². The van der Waals surface area contributed by atoms with E-state index in [1.165, 1.54) is 7.11 Å². The number of aliphatic hydroxyl groups is 1. The fourth-order valence-corrected chi connectivity index (χ4v) is 2.58. The van der Waals surface area contributed by atoms with Crippen LogP contribution in [0.3, 0.4) is 0 Å². The van der Waals surface area contributed by atoms with Gasteiger partial charge in [0.1, 0.15) is 17.3 Å². The lowest BCUT2D eigenvalue weighted by atomic mass is 10.1. The quantitative estimate of drug-likeness (QED) is 0.847.